The summed E-state index contributed by atoms with van der Waals surface area (Å²) in [5.41, 5.74) is 2.57. The number of nitrogens with one attached hydrogen (secondary N) is 1. The minimum atomic E-state index is 0.596. The smallest absolute Gasteiger partial charge is 0.0448 e. The zero-order valence-corrected chi connectivity index (χ0v) is 10.4. The van der Waals surface area contributed by atoms with Crippen LogP contribution in [0.1, 0.15) is 36.9 Å². The number of likely N-dealkylation sites (N-methyl/N-ethyl adjacent to an activating group) is 1. The van der Waals surface area contributed by atoms with Crippen molar-refractivity contribution in [1.82, 2.24) is 10.3 Å². The molecule has 2 rings (SSSR count). The van der Waals surface area contributed by atoms with E-state index in [-0.39, 0.29) is 0 Å². The molecule has 1 atom stereocenters. The van der Waals surface area contributed by atoms with Crippen molar-refractivity contribution in [2.75, 3.05) is 7.05 Å². The van der Waals surface area contributed by atoms with Crippen LogP contribution in [0.5, 0.6) is 0 Å². The molecule has 16 heavy (non-hydrogen) atoms. The molecule has 0 bridgehead atoms. The Balaban J connectivity index is 1.92. The Labute approximate surface area is 98.5 Å². The van der Waals surface area contributed by atoms with E-state index < -0.39 is 0 Å². The van der Waals surface area contributed by atoms with Gasteiger partial charge in [0.05, 0.1) is 0 Å². The molecule has 0 radical (unpaired) electrons. The fourth-order valence-electron chi connectivity index (χ4n) is 2.40. The van der Waals surface area contributed by atoms with Crippen molar-refractivity contribution < 1.29 is 0 Å². The standard InChI is InChI=1S/C14H22N2/c1-11-5-4-8-16-14(11)10-13(15-2)9-12-6-3-7-12/h4-5,8,12-13,15H,3,6-7,9-10H2,1-2H3. The van der Waals surface area contributed by atoms with E-state index in [0.717, 1.165) is 12.3 Å². The van der Waals surface area contributed by atoms with Gasteiger partial charge in [-0.1, -0.05) is 25.3 Å². The van der Waals surface area contributed by atoms with Gasteiger partial charge in [-0.3, -0.25) is 4.98 Å². The second-order valence-corrected chi connectivity index (χ2v) is 4.99. The number of pyridine rings is 1. The first-order chi connectivity index (χ1) is 7.79. The van der Waals surface area contributed by atoms with Gasteiger partial charge in [-0.2, -0.15) is 0 Å². The summed E-state index contributed by atoms with van der Waals surface area (Å²) in [5, 5.41) is 3.44. The van der Waals surface area contributed by atoms with Gasteiger partial charge >= 0.3 is 0 Å². The van der Waals surface area contributed by atoms with Crippen LogP contribution in [0, 0.1) is 12.8 Å². The number of aromatic nitrogens is 1. The summed E-state index contributed by atoms with van der Waals surface area (Å²) in [7, 11) is 2.07. The summed E-state index contributed by atoms with van der Waals surface area (Å²) in [5.74, 6) is 0.960. The quantitative estimate of drug-likeness (QED) is 0.822. The molecule has 1 aliphatic rings. The van der Waals surface area contributed by atoms with Crippen LogP contribution in [0.15, 0.2) is 18.3 Å². The molecule has 1 aromatic heterocycles. The summed E-state index contributed by atoms with van der Waals surface area (Å²) >= 11 is 0. The third-order valence-electron chi connectivity index (χ3n) is 3.81. The molecule has 1 aliphatic carbocycles. The van der Waals surface area contributed by atoms with Gasteiger partial charge in [-0.15, -0.1) is 0 Å². The molecular formula is C14H22N2. The van der Waals surface area contributed by atoms with Gasteiger partial charge < -0.3 is 5.32 Å². The fraction of sp³-hybridized carbons (Fsp3) is 0.643. The maximum atomic E-state index is 4.48. The summed E-state index contributed by atoms with van der Waals surface area (Å²) in [4.78, 5) is 4.48. The molecule has 88 valence electrons. The van der Waals surface area contributed by atoms with Gasteiger partial charge in [-0.25, -0.2) is 0 Å². The number of hydrogen-bond donors (Lipinski definition) is 1. The molecule has 1 saturated carbocycles. The number of rotatable bonds is 5. The molecule has 1 aromatic rings. The van der Waals surface area contributed by atoms with E-state index in [2.05, 4.69) is 30.3 Å². The molecular weight excluding hydrogens is 196 g/mol. The molecule has 1 heterocycles. The summed E-state index contributed by atoms with van der Waals surface area (Å²) < 4.78 is 0. The van der Waals surface area contributed by atoms with E-state index in [1.165, 1.54) is 36.9 Å². The molecule has 2 nitrogen and oxygen atoms in total. The average Bonchev–Trinajstić information content (AvgIpc) is 2.24. The normalized spacial score (nSPS) is 18.1. The van der Waals surface area contributed by atoms with Gasteiger partial charge in [0, 0.05) is 24.4 Å². The highest BCUT2D eigenvalue weighted by molar-refractivity contribution is 5.18. The maximum absolute atomic E-state index is 4.48. The van der Waals surface area contributed by atoms with E-state index in [4.69, 9.17) is 0 Å². The van der Waals surface area contributed by atoms with Crippen molar-refractivity contribution in [3.8, 4) is 0 Å². The summed E-state index contributed by atoms with van der Waals surface area (Å²) in [6.45, 7) is 2.15. The maximum Gasteiger partial charge on any atom is 0.0448 e. The van der Waals surface area contributed by atoms with Crippen molar-refractivity contribution in [3.63, 3.8) is 0 Å². The Bertz CT molecular complexity index is 331. The third-order valence-corrected chi connectivity index (χ3v) is 3.81. The predicted octanol–water partition coefficient (Wildman–Crippen LogP) is 2.71. The highest BCUT2D eigenvalue weighted by Gasteiger charge is 2.21. The van der Waals surface area contributed by atoms with Gasteiger partial charge in [0.25, 0.3) is 0 Å². The van der Waals surface area contributed by atoms with Gasteiger partial charge in [0.15, 0.2) is 0 Å². The van der Waals surface area contributed by atoms with Crippen LogP contribution in [0.3, 0.4) is 0 Å². The van der Waals surface area contributed by atoms with Crippen molar-refractivity contribution in [2.24, 2.45) is 5.92 Å². The lowest BCUT2D eigenvalue weighted by Crippen LogP contribution is -2.32. The van der Waals surface area contributed by atoms with Crippen molar-refractivity contribution in [3.05, 3.63) is 29.6 Å². The third kappa shape index (κ3) is 2.82. The Morgan fingerprint density at radius 1 is 1.50 bits per heavy atom. The van der Waals surface area contributed by atoms with Crippen LogP contribution < -0.4 is 5.32 Å². The van der Waals surface area contributed by atoms with Crippen LogP contribution in [-0.2, 0) is 6.42 Å². The second-order valence-electron chi connectivity index (χ2n) is 4.99. The first-order valence-electron chi connectivity index (χ1n) is 6.37. The lowest BCUT2D eigenvalue weighted by Gasteiger charge is -2.29. The number of hydrogen-bond acceptors (Lipinski definition) is 2. The van der Waals surface area contributed by atoms with E-state index in [0.29, 0.717) is 6.04 Å². The van der Waals surface area contributed by atoms with Crippen molar-refractivity contribution in [1.29, 1.82) is 0 Å². The van der Waals surface area contributed by atoms with Crippen LogP contribution in [0.25, 0.3) is 0 Å². The van der Waals surface area contributed by atoms with Crippen LogP contribution >= 0.6 is 0 Å². The van der Waals surface area contributed by atoms with E-state index in [9.17, 15) is 0 Å². The topological polar surface area (TPSA) is 24.9 Å². The van der Waals surface area contributed by atoms with E-state index in [1.54, 1.807) is 0 Å². The SMILES string of the molecule is CNC(Cc1ncccc1C)CC1CCC1. The first-order valence-corrected chi connectivity index (χ1v) is 6.37. The summed E-state index contributed by atoms with van der Waals surface area (Å²) in [6, 6.07) is 4.76. The molecule has 0 aliphatic heterocycles. The largest absolute Gasteiger partial charge is 0.317 e. The fourth-order valence-corrected chi connectivity index (χ4v) is 2.40. The lowest BCUT2D eigenvalue weighted by molar-refractivity contribution is 0.263. The highest BCUT2D eigenvalue weighted by Crippen LogP contribution is 2.31. The van der Waals surface area contributed by atoms with Crippen LogP contribution in [-0.4, -0.2) is 18.1 Å². The summed E-state index contributed by atoms with van der Waals surface area (Å²) in [6.07, 6.45) is 8.58. The molecule has 0 amide bonds. The van der Waals surface area contributed by atoms with Crippen LogP contribution in [0.4, 0.5) is 0 Å². The molecule has 2 heteroatoms. The van der Waals surface area contributed by atoms with Crippen LogP contribution in [0.2, 0.25) is 0 Å². The molecule has 0 spiro atoms. The van der Waals surface area contributed by atoms with E-state index >= 15 is 0 Å². The number of aryl methyl sites for hydroxylation is 1. The molecule has 1 unspecified atom stereocenters. The number of nitrogens with zero attached hydrogens (tertiary/aromatic N) is 1. The zero-order valence-electron chi connectivity index (χ0n) is 10.4. The molecule has 0 saturated heterocycles. The monoisotopic (exact) mass is 218 g/mol. The van der Waals surface area contributed by atoms with Gasteiger partial charge in [0.2, 0.25) is 0 Å². The minimum absolute atomic E-state index is 0.596. The van der Waals surface area contributed by atoms with Crippen molar-refractivity contribution in [2.45, 2.75) is 45.1 Å². The molecule has 0 aromatic carbocycles. The van der Waals surface area contributed by atoms with Gasteiger partial charge in [0.1, 0.15) is 0 Å². The Morgan fingerprint density at radius 3 is 2.88 bits per heavy atom. The average molecular weight is 218 g/mol. The molecule has 1 fully saturated rings. The molecule has 1 N–H and O–H groups in total. The van der Waals surface area contributed by atoms with E-state index in [1.807, 2.05) is 12.3 Å². The highest BCUT2D eigenvalue weighted by atomic mass is 14.9. The second kappa shape index (κ2) is 5.44. The minimum Gasteiger partial charge on any atom is -0.317 e. The zero-order chi connectivity index (χ0) is 11.4. The van der Waals surface area contributed by atoms with Crippen molar-refractivity contribution >= 4 is 0 Å². The Morgan fingerprint density at radius 2 is 2.31 bits per heavy atom. The predicted molar refractivity (Wildman–Crippen MR) is 67.5 cm³/mol. The first kappa shape index (κ1) is 11.6. The van der Waals surface area contributed by atoms with Gasteiger partial charge in [-0.05, 0) is 37.9 Å². The Kier molecular flexibility index (Phi) is 3.94. The lowest BCUT2D eigenvalue weighted by atomic mass is 9.80. The Hall–Kier alpha value is -0.890.